The number of hydrogen-bond acceptors (Lipinski definition) is 2. The zero-order chi connectivity index (χ0) is 15.0. The summed E-state index contributed by atoms with van der Waals surface area (Å²) in [5.74, 6) is -0.669. The monoisotopic (exact) mass is 319 g/mol. The van der Waals surface area contributed by atoms with E-state index in [0.29, 0.717) is 16.9 Å². The molecule has 2 heterocycles. The minimum atomic E-state index is -0.344. The number of carbonyl (C=O) groups excluding carboxylic acids is 1. The van der Waals surface area contributed by atoms with Crippen LogP contribution in [0.5, 0.6) is 0 Å². The number of pyridine rings is 1. The van der Waals surface area contributed by atoms with Crippen LogP contribution in [0.1, 0.15) is 21.7 Å². The highest BCUT2D eigenvalue weighted by atomic mass is 35.5. The number of amides is 1. The molecule has 3 rings (SSSR count). The summed E-state index contributed by atoms with van der Waals surface area (Å²) in [6.45, 7) is 3.95. The van der Waals surface area contributed by atoms with Crippen molar-refractivity contribution in [2.24, 2.45) is 0 Å². The molecule has 22 heavy (non-hydrogen) atoms. The third-order valence-corrected chi connectivity index (χ3v) is 3.55. The molecule has 3 aromatic rings. The van der Waals surface area contributed by atoms with E-state index in [9.17, 15) is 9.18 Å². The first-order valence-electron chi connectivity index (χ1n) is 6.57. The summed E-state index contributed by atoms with van der Waals surface area (Å²) in [5.41, 5.74) is 3.68. The van der Waals surface area contributed by atoms with Crippen molar-refractivity contribution < 1.29 is 9.18 Å². The summed E-state index contributed by atoms with van der Waals surface area (Å²) in [6, 6.07) is 7.50. The minimum absolute atomic E-state index is 0. The largest absolute Gasteiger partial charge is 0.356 e. The second-order valence-electron chi connectivity index (χ2n) is 4.92. The van der Waals surface area contributed by atoms with Crippen LogP contribution in [-0.2, 0) is 0 Å². The molecule has 0 bridgehead atoms. The summed E-state index contributed by atoms with van der Waals surface area (Å²) < 4.78 is 12.9. The molecule has 0 saturated heterocycles. The SMILES string of the molecule is Cc1[nH]c2c(C(=O)Nc3ccc(F)cc3)nccc2c1C.Cl. The Kier molecular flexibility index (Phi) is 4.47. The number of H-pyrrole nitrogens is 1. The van der Waals surface area contributed by atoms with Gasteiger partial charge in [0.15, 0.2) is 5.69 Å². The van der Waals surface area contributed by atoms with Crippen molar-refractivity contribution >= 4 is 34.9 Å². The molecule has 0 atom stereocenters. The molecule has 0 unspecified atom stereocenters. The molecule has 0 saturated carbocycles. The van der Waals surface area contributed by atoms with Crippen LogP contribution in [0.2, 0.25) is 0 Å². The number of nitrogens with one attached hydrogen (secondary N) is 2. The molecular weight excluding hydrogens is 305 g/mol. The van der Waals surface area contributed by atoms with Crippen LogP contribution >= 0.6 is 12.4 Å². The van der Waals surface area contributed by atoms with Crippen molar-refractivity contribution in [1.82, 2.24) is 9.97 Å². The van der Waals surface area contributed by atoms with E-state index in [-0.39, 0.29) is 24.1 Å². The number of aromatic nitrogens is 2. The predicted octanol–water partition coefficient (Wildman–Crippen LogP) is 3.99. The fourth-order valence-electron chi connectivity index (χ4n) is 2.28. The molecule has 2 N–H and O–H groups in total. The van der Waals surface area contributed by atoms with E-state index < -0.39 is 0 Å². The molecule has 0 aliphatic rings. The van der Waals surface area contributed by atoms with Gasteiger partial charge < -0.3 is 10.3 Å². The number of nitrogens with zero attached hydrogens (tertiary/aromatic N) is 1. The van der Waals surface area contributed by atoms with Gasteiger partial charge in [0.2, 0.25) is 0 Å². The second-order valence-corrected chi connectivity index (χ2v) is 4.92. The summed E-state index contributed by atoms with van der Waals surface area (Å²) in [6.07, 6.45) is 1.61. The molecule has 6 heteroatoms. The molecule has 114 valence electrons. The lowest BCUT2D eigenvalue weighted by molar-refractivity contribution is 0.102. The number of rotatable bonds is 2. The van der Waals surface area contributed by atoms with Crippen molar-refractivity contribution in [3.8, 4) is 0 Å². The van der Waals surface area contributed by atoms with Gasteiger partial charge in [0, 0.05) is 23.0 Å². The summed E-state index contributed by atoms with van der Waals surface area (Å²) >= 11 is 0. The first kappa shape index (κ1) is 16.0. The van der Waals surface area contributed by atoms with Crippen molar-refractivity contribution in [1.29, 1.82) is 0 Å². The Hall–Kier alpha value is -2.40. The highest BCUT2D eigenvalue weighted by molar-refractivity contribution is 6.11. The quantitative estimate of drug-likeness (QED) is 0.750. The van der Waals surface area contributed by atoms with Crippen LogP contribution in [0, 0.1) is 19.7 Å². The maximum Gasteiger partial charge on any atom is 0.276 e. The average molecular weight is 320 g/mol. The average Bonchev–Trinajstić information content (AvgIpc) is 2.77. The Labute approximate surface area is 133 Å². The van der Waals surface area contributed by atoms with Crippen molar-refractivity contribution in [2.45, 2.75) is 13.8 Å². The minimum Gasteiger partial charge on any atom is -0.356 e. The Morgan fingerprint density at radius 3 is 2.55 bits per heavy atom. The maximum atomic E-state index is 12.9. The fraction of sp³-hybridized carbons (Fsp3) is 0.125. The van der Waals surface area contributed by atoms with E-state index in [1.165, 1.54) is 24.3 Å². The van der Waals surface area contributed by atoms with E-state index in [2.05, 4.69) is 15.3 Å². The lowest BCUT2D eigenvalue weighted by Gasteiger charge is -2.05. The van der Waals surface area contributed by atoms with Gasteiger partial charge in [-0.3, -0.25) is 4.79 Å². The Bertz CT molecular complexity index is 827. The number of carbonyl (C=O) groups is 1. The van der Waals surface area contributed by atoms with Gasteiger partial charge in [-0.15, -0.1) is 12.4 Å². The van der Waals surface area contributed by atoms with Crippen LogP contribution in [0.4, 0.5) is 10.1 Å². The number of benzene rings is 1. The van der Waals surface area contributed by atoms with E-state index in [4.69, 9.17) is 0 Å². The van der Waals surface area contributed by atoms with Gasteiger partial charge in [-0.2, -0.15) is 0 Å². The van der Waals surface area contributed by atoms with Gasteiger partial charge in [-0.05, 0) is 49.7 Å². The normalized spacial score (nSPS) is 10.3. The third-order valence-electron chi connectivity index (χ3n) is 3.55. The van der Waals surface area contributed by atoms with Crippen LogP contribution in [-0.4, -0.2) is 15.9 Å². The van der Waals surface area contributed by atoms with Gasteiger partial charge in [0.25, 0.3) is 5.91 Å². The Balaban J connectivity index is 0.00000176. The molecule has 1 amide bonds. The number of halogens is 2. The molecule has 4 nitrogen and oxygen atoms in total. The van der Waals surface area contributed by atoms with E-state index in [1.54, 1.807) is 6.20 Å². The first-order valence-corrected chi connectivity index (χ1v) is 6.57. The van der Waals surface area contributed by atoms with Crippen LogP contribution in [0.3, 0.4) is 0 Å². The third kappa shape index (κ3) is 2.80. The van der Waals surface area contributed by atoms with Crippen LogP contribution < -0.4 is 5.32 Å². The molecule has 0 spiro atoms. The van der Waals surface area contributed by atoms with Gasteiger partial charge in [0.1, 0.15) is 5.82 Å². The zero-order valence-corrected chi connectivity index (χ0v) is 12.9. The summed E-state index contributed by atoms with van der Waals surface area (Å²) in [7, 11) is 0. The highest BCUT2D eigenvalue weighted by Crippen LogP contribution is 2.23. The maximum absolute atomic E-state index is 12.9. The van der Waals surface area contributed by atoms with Crippen molar-refractivity contribution in [3.05, 3.63) is 59.3 Å². The highest BCUT2D eigenvalue weighted by Gasteiger charge is 2.15. The number of anilines is 1. The van der Waals surface area contributed by atoms with Crippen LogP contribution in [0.15, 0.2) is 36.5 Å². The topological polar surface area (TPSA) is 57.8 Å². The summed E-state index contributed by atoms with van der Waals surface area (Å²) in [4.78, 5) is 19.7. The van der Waals surface area contributed by atoms with Gasteiger partial charge in [-0.1, -0.05) is 0 Å². The summed E-state index contributed by atoms with van der Waals surface area (Å²) in [5, 5.41) is 3.70. The van der Waals surface area contributed by atoms with Crippen molar-refractivity contribution in [2.75, 3.05) is 5.32 Å². The zero-order valence-electron chi connectivity index (χ0n) is 12.1. The smallest absolute Gasteiger partial charge is 0.276 e. The lowest BCUT2D eigenvalue weighted by Crippen LogP contribution is -2.14. The van der Waals surface area contributed by atoms with E-state index >= 15 is 0 Å². The van der Waals surface area contributed by atoms with Gasteiger partial charge >= 0.3 is 0 Å². The molecule has 0 radical (unpaired) electrons. The Morgan fingerprint density at radius 2 is 1.86 bits per heavy atom. The molecule has 0 aliphatic carbocycles. The molecule has 0 aliphatic heterocycles. The van der Waals surface area contributed by atoms with E-state index in [0.717, 1.165) is 16.6 Å². The number of aromatic amines is 1. The number of hydrogen-bond donors (Lipinski definition) is 2. The van der Waals surface area contributed by atoms with Gasteiger partial charge in [0.05, 0.1) is 5.52 Å². The lowest BCUT2D eigenvalue weighted by atomic mass is 10.1. The molecule has 0 fully saturated rings. The number of fused-ring (bicyclic) bond motifs is 1. The van der Waals surface area contributed by atoms with E-state index in [1.807, 2.05) is 19.9 Å². The predicted molar refractivity (Wildman–Crippen MR) is 87.2 cm³/mol. The molecule has 1 aromatic carbocycles. The van der Waals surface area contributed by atoms with Crippen LogP contribution in [0.25, 0.3) is 10.9 Å². The molecule has 2 aromatic heterocycles. The van der Waals surface area contributed by atoms with Crippen molar-refractivity contribution in [3.63, 3.8) is 0 Å². The molecular formula is C16H15ClFN3O. The standard InChI is InChI=1S/C16H14FN3O.ClH/c1-9-10(2)19-14-13(9)7-8-18-15(14)16(21)20-12-5-3-11(17)4-6-12;/h3-8,19H,1-2H3,(H,20,21);1H. The van der Waals surface area contributed by atoms with Gasteiger partial charge in [-0.25, -0.2) is 9.37 Å². The Morgan fingerprint density at radius 1 is 1.18 bits per heavy atom. The second kappa shape index (κ2) is 6.15. The first-order chi connectivity index (χ1) is 10.1. The number of aryl methyl sites for hydroxylation is 2. The fourth-order valence-corrected chi connectivity index (χ4v) is 2.28.